The molecule has 13 heavy (non-hydrogen) atoms. The summed E-state index contributed by atoms with van der Waals surface area (Å²) in [4.78, 5) is 0. The van der Waals surface area contributed by atoms with E-state index in [0.717, 1.165) is 6.42 Å². The van der Waals surface area contributed by atoms with Gasteiger partial charge >= 0.3 is 0 Å². The van der Waals surface area contributed by atoms with Gasteiger partial charge in [-0.05, 0) is 30.4 Å². The molecule has 1 aromatic rings. The lowest BCUT2D eigenvalue weighted by Gasteiger charge is -2.10. The summed E-state index contributed by atoms with van der Waals surface area (Å²) in [5.41, 5.74) is 7.28. The molecule has 0 aromatic heterocycles. The molecule has 0 aliphatic carbocycles. The van der Waals surface area contributed by atoms with E-state index in [0.29, 0.717) is 0 Å². The summed E-state index contributed by atoms with van der Waals surface area (Å²) in [5, 5.41) is 0. The van der Waals surface area contributed by atoms with E-state index in [9.17, 15) is 0 Å². The zero-order valence-electron chi connectivity index (χ0n) is 8.07. The molecule has 1 unspecified atom stereocenters. The van der Waals surface area contributed by atoms with E-state index >= 15 is 0 Å². The van der Waals surface area contributed by atoms with Crippen molar-refractivity contribution in [2.24, 2.45) is 5.73 Å². The van der Waals surface area contributed by atoms with E-state index in [-0.39, 0.29) is 6.04 Å². The average Bonchev–Trinajstić information content (AvgIpc) is 2.19. The van der Waals surface area contributed by atoms with Gasteiger partial charge in [0.15, 0.2) is 0 Å². The third kappa shape index (κ3) is 3.83. The van der Waals surface area contributed by atoms with Gasteiger partial charge in [0.05, 0.1) is 0 Å². The summed E-state index contributed by atoms with van der Waals surface area (Å²) in [5.74, 6) is 1.21. The lowest BCUT2D eigenvalue weighted by atomic mass is 10.0. The molecular weight excluding hydrogens is 178 g/mol. The quantitative estimate of drug-likeness (QED) is 0.731. The summed E-state index contributed by atoms with van der Waals surface area (Å²) in [6.45, 7) is 0. The molecule has 1 aromatic carbocycles. The van der Waals surface area contributed by atoms with Gasteiger partial charge in [-0.2, -0.15) is 11.8 Å². The smallest absolute Gasteiger partial charge is 0.0295 e. The largest absolute Gasteiger partial charge is 0.324 e. The Morgan fingerprint density at radius 2 is 2.00 bits per heavy atom. The molecule has 0 fully saturated rings. The monoisotopic (exact) mass is 195 g/mol. The number of nitrogens with two attached hydrogens (primary N) is 1. The fourth-order valence-corrected chi connectivity index (χ4v) is 1.77. The van der Waals surface area contributed by atoms with Crippen molar-refractivity contribution < 1.29 is 0 Å². The summed E-state index contributed by atoms with van der Waals surface area (Å²) in [6, 6.07) is 10.5. The molecule has 1 rings (SSSR count). The second kappa shape index (κ2) is 6.06. The molecular formula is C11H17NS. The van der Waals surface area contributed by atoms with Gasteiger partial charge in [-0.25, -0.2) is 0 Å². The highest BCUT2D eigenvalue weighted by atomic mass is 32.2. The van der Waals surface area contributed by atoms with Crippen LogP contribution in [0.5, 0.6) is 0 Å². The van der Waals surface area contributed by atoms with Crippen LogP contribution in [-0.2, 0) is 0 Å². The molecule has 1 nitrogen and oxygen atoms in total. The minimum Gasteiger partial charge on any atom is -0.324 e. The number of benzene rings is 1. The fraction of sp³-hybridized carbons (Fsp3) is 0.455. The first-order valence-corrected chi connectivity index (χ1v) is 6.03. The molecule has 0 heterocycles. The SMILES string of the molecule is CSCCCC(N)c1ccccc1. The van der Waals surface area contributed by atoms with Crippen LogP contribution in [0.1, 0.15) is 24.4 Å². The molecule has 0 amide bonds. The zero-order valence-corrected chi connectivity index (χ0v) is 8.89. The Bertz CT molecular complexity index is 223. The second-order valence-electron chi connectivity index (χ2n) is 3.15. The molecule has 72 valence electrons. The summed E-state index contributed by atoms with van der Waals surface area (Å²) >= 11 is 1.88. The van der Waals surface area contributed by atoms with Gasteiger partial charge in [0.1, 0.15) is 0 Å². The Labute approximate surface area is 84.7 Å². The van der Waals surface area contributed by atoms with Gasteiger partial charge in [-0.3, -0.25) is 0 Å². The standard InChI is InChI=1S/C11H17NS/c1-13-9-5-8-11(12)10-6-3-2-4-7-10/h2-4,6-7,11H,5,8-9,12H2,1H3. The molecule has 0 radical (unpaired) electrons. The highest BCUT2D eigenvalue weighted by Crippen LogP contribution is 2.15. The molecule has 0 saturated heterocycles. The van der Waals surface area contributed by atoms with Gasteiger partial charge in [0.25, 0.3) is 0 Å². The molecule has 2 heteroatoms. The predicted molar refractivity (Wildman–Crippen MR) is 61.0 cm³/mol. The third-order valence-electron chi connectivity index (χ3n) is 2.09. The Morgan fingerprint density at radius 3 is 2.62 bits per heavy atom. The Hall–Kier alpha value is -0.470. The maximum absolute atomic E-state index is 6.03. The van der Waals surface area contributed by atoms with Gasteiger partial charge in [-0.15, -0.1) is 0 Å². The van der Waals surface area contributed by atoms with Crippen molar-refractivity contribution in [3.05, 3.63) is 35.9 Å². The van der Waals surface area contributed by atoms with Crippen LogP contribution >= 0.6 is 11.8 Å². The van der Waals surface area contributed by atoms with Crippen molar-refractivity contribution >= 4 is 11.8 Å². The fourth-order valence-electron chi connectivity index (χ4n) is 1.31. The van der Waals surface area contributed by atoms with Crippen molar-refractivity contribution in [2.45, 2.75) is 18.9 Å². The van der Waals surface area contributed by atoms with E-state index in [2.05, 4.69) is 18.4 Å². The predicted octanol–water partition coefficient (Wildman–Crippen LogP) is 2.83. The first-order valence-electron chi connectivity index (χ1n) is 4.64. The highest BCUT2D eigenvalue weighted by Gasteiger charge is 2.03. The van der Waals surface area contributed by atoms with Crippen molar-refractivity contribution in [1.82, 2.24) is 0 Å². The van der Waals surface area contributed by atoms with E-state index in [4.69, 9.17) is 5.73 Å². The average molecular weight is 195 g/mol. The molecule has 2 N–H and O–H groups in total. The Balaban J connectivity index is 2.35. The topological polar surface area (TPSA) is 26.0 Å². The number of thioether (sulfide) groups is 1. The van der Waals surface area contributed by atoms with Crippen LogP contribution in [0.4, 0.5) is 0 Å². The van der Waals surface area contributed by atoms with E-state index in [1.54, 1.807) is 0 Å². The van der Waals surface area contributed by atoms with Crippen LogP contribution in [0.3, 0.4) is 0 Å². The van der Waals surface area contributed by atoms with Crippen LogP contribution in [-0.4, -0.2) is 12.0 Å². The van der Waals surface area contributed by atoms with Gasteiger partial charge in [0, 0.05) is 6.04 Å². The second-order valence-corrected chi connectivity index (χ2v) is 4.14. The maximum Gasteiger partial charge on any atom is 0.0295 e. The maximum atomic E-state index is 6.03. The minimum atomic E-state index is 0.216. The van der Waals surface area contributed by atoms with E-state index in [1.807, 2.05) is 30.0 Å². The molecule has 0 bridgehead atoms. The van der Waals surface area contributed by atoms with E-state index < -0.39 is 0 Å². The zero-order chi connectivity index (χ0) is 9.52. The summed E-state index contributed by atoms with van der Waals surface area (Å²) in [7, 11) is 0. The molecule has 0 aliphatic heterocycles. The van der Waals surface area contributed by atoms with E-state index in [1.165, 1.54) is 17.7 Å². The Kier molecular flexibility index (Phi) is 4.94. The van der Waals surface area contributed by atoms with Crippen LogP contribution in [0, 0.1) is 0 Å². The van der Waals surface area contributed by atoms with Crippen molar-refractivity contribution in [2.75, 3.05) is 12.0 Å². The summed E-state index contributed by atoms with van der Waals surface area (Å²) in [6.07, 6.45) is 4.43. The lowest BCUT2D eigenvalue weighted by Crippen LogP contribution is -2.10. The normalized spacial score (nSPS) is 12.8. The van der Waals surface area contributed by atoms with Gasteiger partial charge in [0.2, 0.25) is 0 Å². The van der Waals surface area contributed by atoms with Crippen molar-refractivity contribution in [3.63, 3.8) is 0 Å². The minimum absolute atomic E-state index is 0.216. The first kappa shape index (κ1) is 10.6. The highest BCUT2D eigenvalue weighted by molar-refractivity contribution is 7.98. The summed E-state index contributed by atoms with van der Waals surface area (Å²) < 4.78 is 0. The number of hydrogen-bond acceptors (Lipinski definition) is 2. The van der Waals surface area contributed by atoms with Crippen LogP contribution < -0.4 is 5.73 Å². The van der Waals surface area contributed by atoms with Gasteiger partial charge < -0.3 is 5.73 Å². The van der Waals surface area contributed by atoms with Gasteiger partial charge in [-0.1, -0.05) is 30.3 Å². The lowest BCUT2D eigenvalue weighted by molar-refractivity contribution is 0.642. The van der Waals surface area contributed by atoms with Crippen LogP contribution in [0.25, 0.3) is 0 Å². The van der Waals surface area contributed by atoms with Crippen molar-refractivity contribution in [1.29, 1.82) is 0 Å². The molecule has 0 spiro atoms. The number of rotatable bonds is 5. The third-order valence-corrected chi connectivity index (χ3v) is 2.79. The molecule has 0 aliphatic rings. The van der Waals surface area contributed by atoms with Crippen LogP contribution in [0.15, 0.2) is 30.3 Å². The molecule has 1 atom stereocenters. The Morgan fingerprint density at radius 1 is 1.31 bits per heavy atom. The number of hydrogen-bond donors (Lipinski definition) is 1. The molecule has 0 saturated carbocycles. The van der Waals surface area contributed by atoms with Crippen LogP contribution in [0.2, 0.25) is 0 Å². The first-order chi connectivity index (χ1) is 6.34. The van der Waals surface area contributed by atoms with Crippen molar-refractivity contribution in [3.8, 4) is 0 Å².